The average Bonchev–Trinajstić information content (AvgIpc) is 1.96. The number of nitrogen functional groups attached to an aromatic ring is 1. The van der Waals surface area contributed by atoms with Gasteiger partial charge in [0.2, 0.25) is 0 Å². The van der Waals surface area contributed by atoms with Crippen LogP contribution < -0.4 is 5.73 Å². The topological polar surface area (TPSA) is 26.0 Å². The van der Waals surface area contributed by atoms with Crippen LogP contribution in [0.2, 0.25) is 0 Å². The van der Waals surface area contributed by atoms with E-state index in [0.29, 0.717) is 10.9 Å². The molecule has 0 aromatic heterocycles. The van der Waals surface area contributed by atoms with E-state index in [1.165, 1.54) is 12.1 Å². The maximum absolute atomic E-state index is 12.7. The summed E-state index contributed by atoms with van der Waals surface area (Å²) >= 11 is 1.57. The van der Waals surface area contributed by atoms with Crippen molar-refractivity contribution in [2.45, 2.75) is 24.0 Å². The monoisotopic (exact) mass is 185 g/mol. The number of hydrogen-bond donors (Lipinski definition) is 1. The number of rotatable bonds is 2. The number of hydrogen-bond acceptors (Lipinski definition) is 2. The Kier molecular flexibility index (Phi) is 2.98. The third-order valence-corrected chi connectivity index (χ3v) is 2.42. The van der Waals surface area contributed by atoms with Gasteiger partial charge in [-0.15, -0.1) is 11.8 Å². The average molecular weight is 185 g/mol. The molecule has 0 aliphatic heterocycles. The summed E-state index contributed by atoms with van der Waals surface area (Å²) in [6.07, 6.45) is 0. The quantitative estimate of drug-likeness (QED) is 0.566. The normalized spacial score (nSPS) is 10.7. The van der Waals surface area contributed by atoms with E-state index in [-0.39, 0.29) is 5.82 Å². The van der Waals surface area contributed by atoms with Gasteiger partial charge in [-0.3, -0.25) is 0 Å². The van der Waals surface area contributed by atoms with Gasteiger partial charge in [0, 0.05) is 15.8 Å². The van der Waals surface area contributed by atoms with Crippen LogP contribution in [0.25, 0.3) is 0 Å². The van der Waals surface area contributed by atoms with E-state index in [2.05, 4.69) is 13.8 Å². The van der Waals surface area contributed by atoms with Crippen LogP contribution >= 0.6 is 11.8 Å². The van der Waals surface area contributed by atoms with E-state index < -0.39 is 0 Å². The standard InChI is InChI=1S/C9H12FNS/c1-6(2)12-9-5-7(10)3-4-8(9)11/h3-6H,11H2,1-2H3. The molecule has 0 saturated heterocycles. The minimum absolute atomic E-state index is 0.229. The number of nitrogens with two attached hydrogens (primary N) is 1. The molecule has 0 atom stereocenters. The van der Waals surface area contributed by atoms with Gasteiger partial charge in [-0.25, -0.2) is 4.39 Å². The Bertz CT molecular complexity index is 273. The first kappa shape index (κ1) is 9.39. The highest BCUT2D eigenvalue weighted by atomic mass is 32.2. The van der Waals surface area contributed by atoms with Gasteiger partial charge in [-0.1, -0.05) is 13.8 Å². The molecular weight excluding hydrogens is 173 g/mol. The first-order valence-corrected chi connectivity index (χ1v) is 4.69. The third kappa shape index (κ3) is 2.41. The molecule has 0 radical (unpaired) electrons. The zero-order chi connectivity index (χ0) is 9.14. The Balaban J connectivity index is 2.90. The van der Waals surface area contributed by atoms with Crippen molar-refractivity contribution in [1.82, 2.24) is 0 Å². The molecule has 1 rings (SSSR count). The smallest absolute Gasteiger partial charge is 0.124 e. The fraction of sp³-hybridized carbons (Fsp3) is 0.333. The Hall–Kier alpha value is -0.700. The summed E-state index contributed by atoms with van der Waals surface area (Å²) in [7, 11) is 0. The van der Waals surface area contributed by atoms with E-state index >= 15 is 0 Å². The lowest BCUT2D eigenvalue weighted by molar-refractivity contribution is 0.624. The predicted molar refractivity (Wildman–Crippen MR) is 51.8 cm³/mol. The van der Waals surface area contributed by atoms with Crippen LogP contribution in [-0.4, -0.2) is 5.25 Å². The van der Waals surface area contributed by atoms with Crippen LogP contribution in [0.3, 0.4) is 0 Å². The lowest BCUT2D eigenvalue weighted by atomic mass is 10.3. The van der Waals surface area contributed by atoms with Crippen molar-refractivity contribution in [3.05, 3.63) is 24.0 Å². The summed E-state index contributed by atoms with van der Waals surface area (Å²) in [5, 5.41) is 0.425. The summed E-state index contributed by atoms with van der Waals surface area (Å²) in [6.45, 7) is 4.10. The highest BCUT2D eigenvalue weighted by Gasteiger charge is 2.03. The minimum atomic E-state index is -0.229. The molecule has 0 spiro atoms. The molecule has 0 bridgehead atoms. The number of halogens is 1. The largest absolute Gasteiger partial charge is 0.398 e. The van der Waals surface area contributed by atoms with Crippen LogP contribution in [0.1, 0.15) is 13.8 Å². The molecule has 1 nitrogen and oxygen atoms in total. The molecule has 1 aromatic carbocycles. The molecule has 12 heavy (non-hydrogen) atoms. The fourth-order valence-electron chi connectivity index (χ4n) is 0.864. The molecule has 0 aliphatic carbocycles. The molecule has 3 heteroatoms. The van der Waals surface area contributed by atoms with Crippen molar-refractivity contribution in [3.63, 3.8) is 0 Å². The van der Waals surface area contributed by atoms with Crippen LogP contribution in [-0.2, 0) is 0 Å². The van der Waals surface area contributed by atoms with Crippen LogP contribution in [0.15, 0.2) is 23.1 Å². The summed E-state index contributed by atoms with van der Waals surface area (Å²) in [5.41, 5.74) is 6.30. The van der Waals surface area contributed by atoms with Gasteiger partial charge < -0.3 is 5.73 Å². The van der Waals surface area contributed by atoms with E-state index in [1.54, 1.807) is 17.8 Å². The summed E-state index contributed by atoms with van der Waals surface area (Å²) in [5.74, 6) is -0.229. The highest BCUT2D eigenvalue weighted by molar-refractivity contribution is 8.00. The molecule has 66 valence electrons. The van der Waals surface area contributed by atoms with Gasteiger partial charge in [0.25, 0.3) is 0 Å². The Morgan fingerprint density at radius 2 is 2.08 bits per heavy atom. The molecule has 0 amide bonds. The molecule has 0 fully saturated rings. The van der Waals surface area contributed by atoms with Crippen molar-refractivity contribution in [1.29, 1.82) is 0 Å². The van der Waals surface area contributed by atoms with Crippen LogP contribution in [0.4, 0.5) is 10.1 Å². The summed E-state index contributed by atoms with van der Waals surface area (Å²) < 4.78 is 12.7. The maximum atomic E-state index is 12.7. The Morgan fingerprint density at radius 3 is 2.67 bits per heavy atom. The first-order chi connectivity index (χ1) is 5.59. The zero-order valence-electron chi connectivity index (χ0n) is 7.17. The number of thioether (sulfide) groups is 1. The van der Waals surface area contributed by atoms with Crippen molar-refractivity contribution in [2.24, 2.45) is 0 Å². The van der Waals surface area contributed by atoms with Crippen molar-refractivity contribution < 1.29 is 4.39 Å². The molecule has 0 unspecified atom stereocenters. The Morgan fingerprint density at radius 1 is 1.42 bits per heavy atom. The SMILES string of the molecule is CC(C)Sc1cc(F)ccc1N. The predicted octanol–water partition coefficient (Wildman–Crippen LogP) is 2.91. The van der Waals surface area contributed by atoms with Gasteiger partial charge >= 0.3 is 0 Å². The van der Waals surface area contributed by atoms with Crippen LogP contribution in [0, 0.1) is 5.82 Å². The third-order valence-electron chi connectivity index (χ3n) is 1.34. The summed E-state index contributed by atoms with van der Waals surface area (Å²) in [4.78, 5) is 0.824. The van der Waals surface area contributed by atoms with E-state index in [0.717, 1.165) is 4.90 Å². The van der Waals surface area contributed by atoms with Gasteiger partial charge in [-0.2, -0.15) is 0 Å². The molecule has 1 aromatic rings. The second-order valence-electron chi connectivity index (χ2n) is 2.85. The van der Waals surface area contributed by atoms with Crippen molar-refractivity contribution in [3.8, 4) is 0 Å². The van der Waals surface area contributed by atoms with Gasteiger partial charge in [0.1, 0.15) is 5.82 Å². The second-order valence-corrected chi connectivity index (χ2v) is 4.47. The lowest BCUT2D eigenvalue weighted by Gasteiger charge is -2.07. The maximum Gasteiger partial charge on any atom is 0.124 e. The molecule has 0 saturated carbocycles. The van der Waals surface area contributed by atoms with Crippen molar-refractivity contribution in [2.75, 3.05) is 5.73 Å². The van der Waals surface area contributed by atoms with Gasteiger partial charge in [-0.05, 0) is 18.2 Å². The number of benzene rings is 1. The Labute approximate surface area is 76.2 Å². The van der Waals surface area contributed by atoms with E-state index in [1.807, 2.05) is 0 Å². The van der Waals surface area contributed by atoms with Crippen LogP contribution in [0.5, 0.6) is 0 Å². The summed E-state index contributed by atoms with van der Waals surface area (Å²) in [6, 6.07) is 4.44. The zero-order valence-corrected chi connectivity index (χ0v) is 7.99. The minimum Gasteiger partial charge on any atom is -0.398 e. The van der Waals surface area contributed by atoms with Crippen molar-refractivity contribution >= 4 is 17.4 Å². The van der Waals surface area contributed by atoms with Gasteiger partial charge in [0.15, 0.2) is 0 Å². The number of anilines is 1. The molecule has 2 N–H and O–H groups in total. The van der Waals surface area contributed by atoms with E-state index in [4.69, 9.17) is 5.73 Å². The first-order valence-electron chi connectivity index (χ1n) is 3.81. The van der Waals surface area contributed by atoms with Gasteiger partial charge in [0.05, 0.1) is 0 Å². The fourth-order valence-corrected chi connectivity index (χ4v) is 1.76. The van der Waals surface area contributed by atoms with E-state index in [9.17, 15) is 4.39 Å². The molecule has 0 aliphatic rings. The molecular formula is C9H12FNS. The molecule has 0 heterocycles. The second kappa shape index (κ2) is 3.81. The highest BCUT2D eigenvalue weighted by Crippen LogP contribution is 2.28. The lowest BCUT2D eigenvalue weighted by Crippen LogP contribution is -1.93.